The van der Waals surface area contributed by atoms with Gasteiger partial charge in [-0.2, -0.15) is 0 Å². The molecule has 0 amide bonds. The molecule has 0 aromatic rings. The Balaban J connectivity index is 2.99. The molecule has 0 fully saturated rings. The van der Waals surface area contributed by atoms with Crippen LogP contribution in [0.5, 0.6) is 0 Å². The van der Waals surface area contributed by atoms with E-state index in [0.29, 0.717) is 65.6 Å². The summed E-state index contributed by atoms with van der Waals surface area (Å²) >= 11 is 0.643. The number of Topliss-reactive ketones (excluding diaryl/α,β-unsaturated/α-hetero) is 1. The predicted molar refractivity (Wildman–Crippen MR) is 135 cm³/mol. The van der Waals surface area contributed by atoms with Crippen molar-refractivity contribution in [2.24, 2.45) is 5.92 Å². The molecule has 33 heavy (non-hydrogen) atoms. The third-order valence-electron chi connectivity index (χ3n) is 6.51. The minimum absolute atomic E-state index is 0.0244. The fourth-order valence-corrected chi connectivity index (χ4v) is 5.42. The first-order valence-corrected chi connectivity index (χ1v) is 15.6. The van der Waals surface area contributed by atoms with Gasteiger partial charge in [-0.3, -0.25) is 4.90 Å². The average molecular weight is 640 g/mol. The van der Waals surface area contributed by atoms with Crippen LogP contribution < -0.4 is 5.32 Å². The maximum atomic E-state index is 12.5. The Morgan fingerprint density at radius 1 is 1.27 bits per heavy atom. The van der Waals surface area contributed by atoms with Gasteiger partial charge in [0.1, 0.15) is 0 Å². The van der Waals surface area contributed by atoms with Crippen molar-refractivity contribution in [1.82, 2.24) is 10.2 Å². The molecule has 1 N–H and O–H groups in total. The molecule has 0 aromatic carbocycles. The van der Waals surface area contributed by atoms with E-state index < -0.39 is 0 Å². The number of nitrogens with zero attached hydrogens (tertiary/aromatic N) is 1. The van der Waals surface area contributed by atoms with Crippen LogP contribution in [0.25, 0.3) is 0 Å². The Labute approximate surface area is 218 Å². The number of hydrogen-bond donors (Lipinski definition) is 1. The van der Waals surface area contributed by atoms with Crippen LogP contribution >= 0.6 is 0 Å². The normalized spacial score (nSPS) is 17.6. The summed E-state index contributed by atoms with van der Waals surface area (Å²) in [5, 5.41) is 3.36. The Morgan fingerprint density at radius 3 is 2.45 bits per heavy atom. The summed E-state index contributed by atoms with van der Waals surface area (Å²) in [7, 11) is 0. The van der Waals surface area contributed by atoms with Gasteiger partial charge in [-0.25, -0.2) is 0 Å². The number of nitrogens with one attached hydrogen (secondary N) is 1. The number of rotatable bonds is 15. The number of carbonyl (C=O) groups is 1. The zero-order chi connectivity index (χ0) is 25.1. The van der Waals surface area contributed by atoms with Gasteiger partial charge in [0.25, 0.3) is 0 Å². The van der Waals surface area contributed by atoms with Crippen molar-refractivity contribution in [2.75, 3.05) is 13.1 Å². The SMILES string of the molecule is C=C1C(=O)C(NC(/C=C(/C)C(C)N(CCC)CC(C)CC)=C/C)=C1CCC(=C=O)C[CH](C)[Hg]. The van der Waals surface area contributed by atoms with Crippen LogP contribution in [0.15, 0.2) is 52.4 Å². The minimum atomic E-state index is -0.0244. The van der Waals surface area contributed by atoms with Gasteiger partial charge >= 0.3 is 155 Å². The van der Waals surface area contributed by atoms with Crippen molar-refractivity contribution >= 4 is 11.7 Å². The van der Waals surface area contributed by atoms with Crippen LogP contribution in [0.1, 0.15) is 80.6 Å². The molecule has 0 aliphatic heterocycles. The number of ketones is 1. The van der Waals surface area contributed by atoms with Gasteiger partial charge in [-0.15, -0.1) is 0 Å². The molecular weight excluding hydrogens is 597 g/mol. The Hall–Kier alpha value is -1.22. The van der Waals surface area contributed by atoms with E-state index in [1.165, 1.54) is 12.0 Å². The Morgan fingerprint density at radius 2 is 1.94 bits per heavy atom. The van der Waals surface area contributed by atoms with E-state index in [-0.39, 0.29) is 5.78 Å². The molecule has 0 aromatic heterocycles. The van der Waals surface area contributed by atoms with Crippen LogP contribution in [0.3, 0.4) is 0 Å². The van der Waals surface area contributed by atoms with E-state index in [1.54, 1.807) is 0 Å². The summed E-state index contributed by atoms with van der Waals surface area (Å²) < 4.78 is 0.608. The van der Waals surface area contributed by atoms with Crippen molar-refractivity contribution in [3.8, 4) is 0 Å². The second-order valence-electron chi connectivity index (χ2n) is 9.62. The topological polar surface area (TPSA) is 49.4 Å². The summed E-state index contributed by atoms with van der Waals surface area (Å²) in [4.78, 5) is 26.4. The van der Waals surface area contributed by atoms with Crippen molar-refractivity contribution in [1.29, 1.82) is 0 Å². The molecule has 0 spiro atoms. The number of hydrogen-bond acceptors (Lipinski definition) is 4. The molecule has 5 heteroatoms. The van der Waals surface area contributed by atoms with Gasteiger partial charge < -0.3 is 0 Å². The molecule has 4 nitrogen and oxygen atoms in total. The van der Waals surface area contributed by atoms with E-state index in [9.17, 15) is 9.59 Å². The van der Waals surface area contributed by atoms with Gasteiger partial charge in [0, 0.05) is 6.54 Å². The van der Waals surface area contributed by atoms with Crippen LogP contribution in [-0.2, 0) is 35.7 Å². The summed E-state index contributed by atoms with van der Waals surface area (Å²) in [6.07, 6.45) is 8.62. The molecule has 0 bridgehead atoms. The molecule has 0 saturated heterocycles. The molecule has 0 radical (unpaired) electrons. The molecular formula is C28H43HgN2O2. The summed E-state index contributed by atoms with van der Waals surface area (Å²) in [6.45, 7) is 21.5. The summed E-state index contributed by atoms with van der Waals surface area (Å²) in [5.74, 6) is 2.77. The van der Waals surface area contributed by atoms with Crippen LogP contribution in [0.4, 0.5) is 0 Å². The van der Waals surface area contributed by atoms with Crippen LogP contribution in [0, 0.1) is 5.92 Å². The fraction of sp³-hybridized carbons (Fsp3) is 0.607. The number of carbonyl (C=O) groups excluding carboxylic acids is 2. The predicted octanol–water partition coefficient (Wildman–Crippen LogP) is 6.25. The van der Waals surface area contributed by atoms with Crippen LogP contribution in [-0.4, -0.2) is 35.8 Å². The molecule has 1 aliphatic carbocycles. The van der Waals surface area contributed by atoms with Crippen molar-refractivity contribution in [2.45, 2.75) is 90.0 Å². The first-order valence-electron chi connectivity index (χ1n) is 12.5. The van der Waals surface area contributed by atoms with Crippen LogP contribution in [0.2, 0.25) is 3.43 Å². The van der Waals surface area contributed by atoms with Crippen molar-refractivity contribution < 1.29 is 35.7 Å². The van der Waals surface area contributed by atoms with Gasteiger partial charge in [0.2, 0.25) is 0 Å². The fourth-order valence-electron chi connectivity index (χ4n) is 4.06. The monoisotopic (exact) mass is 641 g/mol. The van der Waals surface area contributed by atoms with E-state index >= 15 is 0 Å². The van der Waals surface area contributed by atoms with E-state index in [0.717, 1.165) is 42.8 Å². The van der Waals surface area contributed by atoms with E-state index in [4.69, 9.17) is 0 Å². The molecule has 1 rings (SSSR count). The van der Waals surface area contributed by atoms with Crippen molar-refractivity contribution in [3.63, 3.8) is 0 Å². The van der Waals surface area contributed by atoms with Gasteiger partial charge in [-0.05, 0) is 25.8 Å². The summed E-state index contributed by atoms with van der Waals surface area (Å²) in [5.41, 5.74) is 5.16. The quantitative estimate of drug-likeness (QED) is 0.0997. The first-order chi connectivity index (χ1) is 15.6. The maximum absolute atomic E-state index is 12.5. The molecule has 3 unspecified atom stereocenters. The van der Waals surface area contributed by atoms with Gasteiger partial charge in [0.15, 0.2) is 0 Å². The Bertz CT molecular complexity index is 844. The van der Waals surface area contributed by atoms with E-state index in [2.05, 4.69) is 70.4 Å². The second kappa shape index (κ2) is 14.9. The molecule has 179 valence electrons. The molecule has 3 atom stereocenters. The third-order valence-corrected chi connectivity index (χ3v) is 7.63. The van der Waals surface area contributed by atoms with E-state index in [1.807, 2.05) is 13.0 Å². The van der Waals surface area contributed by atoms with Crippen molar-refractivity contribution in [3.05, 3.63) is 52.4 Å². The summed E-state index contributed by atoms with van der Waals surface area (Å²) in [6, 6.07) is 0.331. The first kappa shape index (κ1) is 29.8. The standard InChI is InChI=1S/C28H43N2O2.Hg/c1-9-13-24(19-31)14-15-26-22(7)28(32)27(26)29-25(12-4)17-21(6)23(8)30(16-10-2)18-20(5)11-3;/h9,12,17,20,23,29H,7,10-11,13-16,18H2,1-6,8H3;/b21-17-,25-12+;. The number of allylic oxidation sites excluding steroid dienone is 5. The van der Waals surface area contributed by atoms with Gasteiger partial charge in [0.05, 0.1) is 0 Å². The molecule has 1 aliphatic rings. The third kappa shape index (κ3) is 9.15. The average Bonchev–Trinajstić information content (AvgIpc) is 2.79. The molecule has 0 saturated carbocycles. The Kier molecular flexibility index (Phi) is 13.5. The zero-order valence-electron chi connectivity index (χ0n) is 22.0. The second-order valence-corrected chi connectivity index (χ2v) is 15.0. The molecule has 0 heterocycles. The van der Waals surface area contributed by atoms with Gasteiger partial charge in [-0.1, -0.05) is 27.2 Å². The zero-order valence-corrected chi connectivity index (χ0v) is 27.5.